The third-order valence-corrected chi connectivity index (χ3v) is 2.60. The quantitative estimate of drug-likeness (QED) is 0.648. The van der Waals surface area contributed by atoms with E-state index in [1.807, 2.05) is 13.1 Å². The molecule has 0 aromatic carbocycles. The minimum Gasteiger partial charge on any atom is -0.310 e. The Morgan fingerprint density at radius 1 is 1.54 bits per heavy atom. The monoisotopic (exact) mass is 180 g/mol. The average molecular weight is 180 g/mol. The Morgan fingerprint density at radius 2 is 2.23 bits per heavy atom. The number of nitrogens with zero attached hydrogens (tertiary/aromatic N) is 1. The lowest BCUT2D eigenvalue weighted by atomic mass is 9.92. The molecule has 0 aromatic rings. The predicted octanol–water partition coefficient (Wildman–Crippen LogP) is 2.37. The molecule has 2 heteroatoms. The molecule has 0 saturated heterocycles. The van der Waals surface area contributed by atoms with Crippen LogP contribution in [0.15, 0.2) is 16.3 Å². The third kappa shape index (κ3) is 2.41. The van der Waals surface area contributed by atoms with Gasteiger partial charge in [-0.25, -0.2) is 0 Å². The van der Waals surface area contributed by atoms with Crippen LogP contribution in [0.2, 0.25) is 0 Å². The topological polar surface area (TPSA) is 24.4 Å². The van der Waals surface area contributed by atoms with E-state index in [0.717, 1.165) is 13.0 Å². The zero-order valence-electron chi connectivity index (χ0n) is 9.09. The molecular formula is C11H20N2. The maximum absolute atomic E-state index is 4.41. The summed E-state index contributed by atoms with van der Waals surface area (Å²) < 4.78 is 0. The summed E-state index contributed by atoms with van der Waals surface area (Å²) in [4.78, 5) is 4.41. The Hall–Kier alpha value is -0.630. The minimum atomic E-state index is 0.521. The first-order valence-corrected chi connectivity index (χ1v) is 5.08. The van der Waals surface area contributed by atoms with Crippen molar-refractivity contribution in [2.24, 2.45) is 10.9 Å². The van der Waals surface area contributed by atoms with Crippen LogP contribution in [0.4, 0.5) is 0 Å². The molecule has 1 atom stereocenters. The first-order valence-electron chi connectivity index (χ1n) is 5.08. The summed E-state index contributed by atoms with van der Waals surface area (Å²) in [5, 5.41) is 3.52. The summed E-state index contributed by atoms with van der Waals surface area (Å²) in [6, 6.07) is 0.521. The smallest absolute Gasteiger partial charge is 0.0417 e. The average Bonchev–Trinajstić information content (AvgIpc) is 2.08. The van der Waals surface area contributed by atoms with Gasteiger partial charge in [0.1, 0.15) is 0 Å². The first kappa shape index (κ1) is 10.5. The molecule has 1 aliphatic rings. The molecule has 0 unspecified atom stereocenters. The van der Waals surface area contributed by atoms with Gasteiger partial charge in [-0.3, -0.25) is 4.99 Å². The number of hydrogen-bond donors (Lipinski definition) is 1. The standard InChI is InChI=1S/C11H20N2/c1-5-12-10-6-7-13-11(8(2)3)9(10)4/h5,8,11,13H,6-7H2,1-4H3/t11-/m0/s1. The zero-order valence-corrected chi connectivity index (χ0v) is 9.09. The summed E-state index contributed by atoms with van der Waals surface area (Å²) >= 11 is 0. The SMILES string of the molecule is CC=NC1=C(C)[C@H](C(C)C)NCC1. The fourth-order valence-electron chi connectivity index (χ4n) is 1.93. The zero-order chi connectivity index (χ0) is 9.84. The van der Waals surface area contributed by atoms with Crippen LogP contribution < -0.4 is 5.32 Å². The number of nitrogens with one attached hydrogen (secondary N) is 1. The van der Waals surface area contributed by atoms with Crippen LogP contribution in [0.1, 0.15) is 34.1 Å². The molecule has 13 heavy (non-hydrogen) atoms. The summed E-state index contributed by atoms with van der Waals surface area (Å²) in [6.45, 7) is 9.73. The molecule has 0 saturated carbocycles. The molecule has 74 valence electrons. The largest absolute Gasteiger partial charge is 0.310 e. The Labute approximate surface area is 81.1 Å². The van der Waals surface area contributed by atoms with Crippen molar-refractivity contribution in [3.05, 3.63) is 11.3 Å². The molecule has 0 amide bonds. The first-order chi connectivity index (χ1) is 6.16. The summed E-state index contributed by atoms with van der Waals surface area (Å²) in [7, 11) is 0. The molecule has 0 aromatic heterocycles. The highest BCUT2D eigenvalue weighted by molar-refractivity contribution is 5.55. The van der Waals surface area contributed by atoms with Gasteiger partial charge in [0.25, 0.3) is 0 Å². The van der Waals surface area contributed by atoms with Gasteiger partial charge in [-0.05, 0) is 25.3 Å². The number of rotatable bonds is 2. The van der Waals surface area contributed by atoms with Crippen LogP contribution in [0.5, 0.6) is 0 Å². The molecule has 1 aliphatic heterocycles. The lowest BCUT2D eigenvalue weighted by molar-refractivity contribution is 0.426. The van der Waals surface area contributed by atoms with E-state index in [1.165, 1.54) is 11.3 Å². The van der Waals surface area contributed by atoms with Crippen molar-refractivity contribution in [3.8, 4) is 0 Å². The highest BCUT2D eigenvalue weighted by Gasteiger charge is 2.21. The van der Waals surface area contributed by atoms with Crippen molar-refractivity contribution in [1.82, 2.24) is 5.32 Å². The van der Waals surface area contributed by atoms with Crippen molar-refractivity contribution < 1.29 is 0 Å². The molecule has 0 radical (unpaired) electrons. The molecule has 1 rings (SSSR count). The summed E-state index contributed by atoms with van der Waals surface area (Å²) in [6.07, 6.45) is 2.96. The van der Waals surface area contributed by atoms with Crippen molar-refractivity contribution in [3.63, 3.8) is 0 Å². The maximum atomic E-state index is 4.41. The Balaban J connectivity index is 2.85. The van der Waals surface area contributed by atoms with Crippen molar-refractivity contribution in [1.29, 1.82) is 0 Å². The number of aliphatic imine (C=N–C) groups is 1. The van der Waals surface area contributed by atoms with Crippen molar-refractivity contribution in [2.75, 3.05) is 6.54 Å². The van der Waals surface area contributed by atoms with Crippen LogP contribution in [-0.2, 0) is 0 Å². The van der Waals surface area contributed by atoms with Gasteiger partial charge in [0.05, 0.1) is 0 Å². The maximum Gasteiger partial charge on any atom is 0.0417 e. The van der Waals surface area contributed by atoms with E-state index in [1.54, 1.807) is 0 Å². The normalized spacial score (nSPS) is 24.8. The Kier molecular flexibility index (Phi) is 3.67. The van der Waals surface area contributed by atoms with E-state index < -0.39 is 0 Å². The van der Waals surface area contributed by atoms with Crippen molar-refractivity contribution >= 4 is 6.21 Å². The highest BCUT2D eigenvalue weighted by Crippen LogP contribution is 2.22. The van der Waals surface area contributed by atoms with E-state index >= 15 is 0 Å². The van der Waals surface area contributed by atoms with Gasteiger partial charge in [-0.15, -0.1) is 0 Å². The van der Waals surface area contributed by atoms with Gasteiger partial charge in [0, 0.05) is 30.9 Å². The van der Waals surface area contributed by atoms with E-state index in [4.69, 9.17) is 0 Å². The second-order valence-electron chi connectivity index (χ2n) is 3.94. The van der Waals surface area contributed by atoms with Gasteiger partial charge in [0.15, 0.2) is 0 Å². The van der Waals surface area contributed by atoms with E-state index in [0.29, 0.717) is 12.0 Å². The van der Waals surface area contributed by atoms with Crippen LogP contribution in [-0.4, -0.2) is 18.8 Å². The Bertz CT molecular complexity index is 226. The van der Waals surface area contributed by atoms with Gasteiger partial charge >= 0.3 is 0 Å². The lowest BCUT2D eigenvalue weighted by Gasteiger charge is -2.29. The second-order valence-corrected chi connectivity index (χ2v) is 3.94. The highest BCUT2D eigenvalue weighted by atomic mass is 14.9. The summed E-state index contributed by atoms with van der Waals surface area (Å²) in [5.74, 6) is 0.655. The van der Waals surface area contributed by atoms with Crippen molar-refractivity contribution in [2.45, 2.75) is 40.2 Å². The summed E-state index contributed by atoms with van der Waals surface area (Å²) in [5.41, 5.74) is 2.69. The molecule has 0 bridgehead atoms. The van der Waals surface area contributed by atoms with Gasteiger partial charge in [0.2, 0.25) is 0 Å². The number of hydrogen-bond acceptors (Lipinski definition) is 2. The fraction of sp³-hybridized carbons (Fsp3) is 0.727. The van der Waals surface area contributed by atoms with E-state index in [9.17, 15) is 0 Å². The Morgan fingerprint density at radius 3 is 2.77 bits per heavy atom. The van der Waals surface area contributed by atoms with Gasteiger partial charge in [-0.2, -0.15) is 0 Å². The van der Waals surface area contributed by atoms with Crippen LogP contribution in [0.3, 0.4) is 0 Å². The third-order valence-electron chi connectivity index (χ3n) is 2.60. The van der Waals surface area contributed by atoms with E-state index in [-0.39, 0.29) is 0 Å². The predicted molar refractivity (Wildman–Crippen MR) is 58.1 cm³/mol. The fourth-order valence-corrected chi connectivity index (χ4v) is 1.93. The molecule has 0 spiro atoms. The molecule has 2 nitrogen and oxygen atoms in total. The molecule has 1 N–H and O–H groups in total. The van der Waals surface area contributed by atoms with Gasteiger partial charge < -0.3 is 5.32 Å². The van der Waals surface area contributed by atoms with Crippen LogP contribution >= 0.6 is 0 Å². The molecule has 0 aliphatic carbocycles. The molecular weight excluding hydrogens is 160 g/mol. The second kappa shape index (κ2) is 4.56. The van der Waals surface area contributed by atoms with Gasteiger partial charge in [-0.1, -0.05) is 13.8 Å². The molecule has 1 heterocycles. The minimum absolute atomic E-state index is 0.521. The van der Waals surface area contributed by atoms with Crippen LogP contribution in [0.25, 0.3) is 0 Å². The van der Waals surface area contributed by atoms with E-state index in [2.05, 4.69) is 31.1 Å². The van der Waals surface area contributed by atoms with Crippen LogP contribution in [0, 0.1) is 5.92 Å². The lowest BCUT2D eigenvalue weighted by Crippen LogP contribution is -2.39. The molecule has 0 fully saturated rings.